The molecule has 2 atom stereocenters. The largest absolute Gasteiger partial charge is 0.392 e. The summed E-state index contributed by atoms with van der Waals surface area (Å²) in [6.45, 7) is 6.21. The van der Waals surface area contributed by atoms with Crippen LogP contribution >= 0.6 is 11.8 Å². The maximum Gasteiger partial charge on any atom is 0.232 e. The highest BCUT2D eigenvalue weighted by Crippen LogP contribution is 2.50. The number of aryl methyl sites for hydroxylation is 1. The predicted octanol–water partition coefficient (Wildman–Crippen LogP) is 2.87. The van der Waals surface area contributed by atoms with E-state index < -0.39 is 0 Å². The van der Waals surface area contributed by atoms with Gasteiger partial charge in [0.25, 0.3) is 0 Å². The Kier molecular flexibility index (Phi) is 5.52. The summed E-state index contributed by atoms with van der Waals surface area (Å²) in [5.41, 5.74) is 1.12. The molecular formula is C19H27NO3S. The minimum atomic E-state index is -0.270. The molecule has 1 aromatic rings. The summed E-state index contributed by atoms with van der Waals surface area (Å²) in [5.74, 6) is 0.672. The Morgan fingerprint density at radius 2 is 2.00 bits per heavy atom. The number of amides is 1. The number of benzene rings is 1. The first kappa shape index (κ1) is 17.8. The van der Waals surface area contributed by atoms with Crippen LogP contribution in [-0.4, -0.2) is 53.6 Å². The van der Waals surface area contributed by atoms with Crippen LogP contribution in [0.15, 0.2) is 29.2 Å². The first-order chi connectivity index (χ1) is 11.5. The fraction of sp³-hybridized carbons (Fsp3) is 0.632. The number of aliphatic hydroxyl groups is 1. The lowest BCUT2D eigenvalue weighted by Crippen LogP contribution is -2.62. The van der Waals surface area contributed by atoms with Crippen LogP contribution in [0.4, 0.5) is 0 Å². The monoisotopic (exact) mass is 349 g/mol. The van der Waals surface area contributed by atoms with E-state index in [1.54, 1.807) is 11.8 Å². The molecular weight excluding hydrogens is 322 g/mol. The van der Waals surface area contributed by atoms with Crippen LogP contribution in [0.1, 0.15) is 31.7 Å². The van der Waals surface area contributed by atoms with E-state index in [1.165, 1.54) is 5.56 Å². The topological polar surface area (TPSA) is 49.8 Å². The highest BCUT2D eigenvalue weighted by atomic mass is 32.2. The number of aliphatic hydroxyl groups excluding tert-OH is 1. The maximum absolute atomic E-state index is 12.5. The van der Waals surface area contributed by atoms with Gasteiger partial charge in [-0.15, -0.1) is 11.8 Å². The lowest BCUT2D eigenvalue weighted by atomic mass is 9.58. The molecule has 1 amide bonds. The van der Waals surface area contributed by atoms with Crippen molar-refractivity contribution in [1.29, 1.82) is 0 Å². The van der Waals surface area contributed by atoms with Crippen LogP contribution in [-0.2, 0) is 9.53 Å². The van der Waals surface area contributed by atoms with Crippen molar-refractivity contribution in [3.63, 3.8) is 0 Å². The zero-order chi connectivity index (χ0) is 17.2. The average molecular weight is 349 g/mol. The molecule has 132 valence electrons. The first-order valence-electron chi connectivity index (χ1n) is 8.82. The number of thioether (sulfide) groups is 1. The van der Waals surface area contributed by atoms with Gasteiger partial charge in [0.1, 0.15) is 0 Å². The summed E-state index contributed by atoms with van der Waals surface area (Å²) >= 11 is 1.59. The fourth-order valence-corrected chi connectivity index (χ4v) is 4.66. The van der Waals surface area contributed by atoms with E-state index >= 15 is 0 Å². The van der Waals surface area contributed by atoms with Crippen LogP contribution in [0.3, 0.4) is 0 Å². The Bertz CT molecular complexity index is 564. The van der Waals surface area contributed by atoms with Crippen molar-refractivity contribution in [3.05, 3.63) is 29.8 Å². The molecule has 3 rings (SSSR count). The zero-order valence-electron chi connectivity index (χ0n) is 14.5. The Labute approximate surface area is 148 Å². The average Bonchev–Trinajstić information content (AvgIpc) is 2.61. The summed E-state index contributed by atoms with van der Waals surface area (Å²) in [7, 11) is 0. The highest BCUT2D eigenvalue weighted by molar-refractivity contribution is 8.00. The molecule has 1 heterocycles. The third kappa shape index (κ3) is 3.48. The molecule has 2 fully saturated rings. The van der Waals surface area contributed by atoms with E-state index in [4.69, 9.17) is 4.74 Å². The summed E-state index contributed by atoms with van der Waals surface area (Å²) in [4.78, 5) is 15.5. The van der Waals surface area contributed by atoms with E-state index in [-0.39, 0.29) is 23.5 Å². The number of nitrogens with zero attached hydrogens (tertiary/aromatic N) is 1. The van der Waals surface area contributed by atoms with Crippen molar-refractivity contribution < 1.29 is 14.6 Å². The second-order valence-corrected chi connectivity index (χ2v) is 7.96. The van der Waals surface area contributed by atoms with Crippen molar-refractivity contribution in [2.24, 2.45) is 5.41 Å². The standard InChI is InChI=1S/C19H27NO3S/c1-3-23-17-12-16(21)19(17)8-10-20(11-9-19)18(22)13-24-15-6-4-14(2)5-7-15/h4-7,16-17,21H,3,8-13H2,1-2H3/t16-,17+/m0/s1. The summed E-state index contributed by atoms with van der Waals surface area (Å²) in [6, 6.07) is 8.28. The van der Waals surface area contributed by atoms with Gasteiger partial charge in [-0.3, -0.25) is 4.79 Å². The van der Waals surface area contributed by atoms with Gasteiger partial charge < -0.3 is 14.7 Å². The SMILES string of the molecule is CCO[C@@H]1C[C@H](O)C12CCN(C(=O)CSc1ccc(C)cc1)CC2. The van der Waals surface area contributed by atoms with E-state index in [0.29, 0.717) is 12.4 Å². The van der Waals surface area contributed by atoms with Crippen molar-refractivity contribution in [1.82, 2.24) is 4.90 Å². The first-order valence-corrected chi connectivity index (χ1v) is 9.80. The molecule has 0 radical (unpaired) electrons. The van der Waals surface area contributed by atoms with Crippen molar-refractivity contribution in [3.8, 4) is 0 Å². The van der Waals surface area contributed by atoms with E-state index in [2.05, 4.69) is 31.2 Å². The molecule has 1 aliphatic carbocycles. The van der Waals surface area contributed by atoms with E-state index in [1.807, 2.05) is 11.8 Å². The molecule has 1 aromatic carbocycles. The van der Waals surface area contributed by atoms with Crippen LogP contribution in [0.25, 0.3) is 0 Å². The number of piperidine rings is 1. The number of ether oxygens (including phenoxy) is 1. The maximum atomic E-state index is 12.5. The molecule has 1 saturated heterocycles. The van der Waals surface area contributed by atoms with Gasteiger partial charge in [0.15, 0.2) is 0 Å². The molecule has 2 aliphatic rings. The number of hydrogen-bond donors (Lipinski definition) is 1. The lowest BCUT2D eigenvalue weighted by molar-refractivity contribution is -0.209. The highest BCUT2D eigenvalue weighted by Gasteiger charge is 2.56. The Hall–Kier alpha value is -1.04. The minimum absolute atomic E-state index is 0.114. The second-order valence-electron chi connectivity index (χ2n) is 6.91. The molecule has 1 N–H and O–H groups in total. The van der Waals surface area contributed by atoms with Gasteiger partial charge in [0, 0.05) is 36.4 Å². The second kappa shape index (κ2) is 7.46. The van der Waals surface area contributed by atoms with Gasteiger partial charge >= 0.3 is 0 Å². The minimum Gasteiger partial charge on any atom is -0.392 e. The Morgan fingerprint density at radius 3 is 2.58 bits per heavy atom. The quantitative estimate of drug-likeness (QED) is 0.831. The zero-order valence-corrected chi connectivity index (χ0v) is 15.3. The molecule has 0 bridgehead atoms. The van der Waals surface area contributed by atoms with Gasteiger partial charge in [-0.2, -0.15) is 0 Å². The van der Waals surface area contributed by atoms with Gasteiger partial charge in [-0.25, -0.2) is 0 Å². The number of likely N-dealkylation sites (tertiary alicyclic amines) is 1. The van der Waals surface area contributed by atoms with Crippen LogP contribution in [0, 0.1) is 12.3 Å². The smallest absolute Gasteiger partial charge is 0.232 e. The number of rotatable bonds is 5. The molecule has 1 saturated carbocycles. The van der Waals surface area contributed by atoms with E-state index in [9.17, 15) is 9.90 Å². The summed E-state index contributed by atoms with van der Waals surface area (Å²) < 4.78 is 5.78. The number of carbonyl (C=O) groups excluding carboxylic acids is 1. The van der Waals surface area contributed by atoms with Crippen LogP contribution in [0.2, 0.25) is 0 Å². The fourth-order valence-electron chi connectivity index (χ4n) is 3.86. The van der Waals surface area contributed by atoms with Gasteiger partial charge in [-0.1, -0.05) is 17.7 Å². The molecule has 1 spiro atoms. The Balaban J connectivity index is 1.49. The molecule has 0 aromatic heterocycles. The number of hydrogen-bond acceptors (Lipinski definition) is 4. The van der Waals surface area contributed by atoms with E-state index in [0.717, 1.165) is 37.2 Å². The molecule has 4 nitrogen and oxygen atoms in total. The van der Waals surface area contributed by atoms with Crippen molar-refractivity contribution >= 4 is 17.7 Å². The normalized spacial score (nSPS) is 25.5. The Morgan fingerprint density at radius 1 is 1.33 bits per heavy atom. The van der Waals surface area contributed by atoms with Gasteiger partial charge in [-0.05, 0) is 38.8 Å². The number of carbonyl (C=O) groups is 1. The molecule has 1 aliphatic heterocycles. The van der Waals surface area contributed by atoms with Gasteiger partial charge in [0.05, 0.1) is 18.0 Å². The molecule has 0 unspecified atom stereocenters. The van der Waals surface area contributed by atoms with Crippen molar-refractivity contribution in [2.45, 2.75) is 50.2 Å². The lowest BCUT2D eigenvalue weighted by Gasteiger charge is -2.56. The third-order valence-electron chi connectivity index (χ3n) is 5.54. The predicted molar refractivity (Wildman–Crippen MR) is 96.2 cm³/mol. The molecule has 24 heavy (non-hydrogen) atoms. The van der Waals surface area contributed by atoms with Gasteiger partial charge in [0.2, 0.25) is 5.91 Å². The summed E-state index contributed by atoms with van der Waals surface area (Å²) in [6.07, 6.45) is 2.33. The third-order valence-corrected chi connectivity index (χ3v) is 6.54. The van der Waals surface area contributed by atoms with Crippen LogP contribution in [0.5, 0.6) is 0 Å². The van der Waals surface area contributed by atoms with Crippen molar-refractivity contribution in [2.75, 3.05) is 25.4 Å². The van der Waals surface area contributed by atoms with Crippen LogP contribution < -0.4 is 0 Å². The summed E-state index contributed by atoms with van der Waals surface area (Å²) in [5, 5.41) is 10.2. The molecule has 5 heteroatoms.